The van der Waals surface area contributed by atoms with Crippen molar-refractivity contribution in [2.75, 3.05) is 11.4 Å². The largest absolute Gasteiger partial charge is 0.443 e. The number of hydrogen-bond acceptors (Lipinski definition) is 4. The van der Waals surface area contributed by atoms with Gasteiger partial charge in [0, 0.05) is 30.1 Å². The molecule has 2 rings (SSSR count). The molecule has 1 amide bonds. The van der Waals surface area contributed by atoms with Crippen molar-refractivity contribution in [1.82, 2.24) is 4.98 Å². The van der Waals surface area contributed by atoms with E-state index in [1.54, 1.807) is 11.1 Å². The zero-order chi connectivity index (χ0) is 17.7. The van der Waals surface area contributed by atoms with E-state index in [-0.39, 0.29) is 12.1 Å². The van der Waals surface area contributed by atoms with Gasteiger partial charge < -0.3 is 4.74 Å². The number of nitrogens with zero attached hydrogens (tertiary/aromatic N) is 3. The summed E-state index contributed by atoms with van der Waals surface area (Å²) in [4.78, 5) is 23.7. The van der Waals surface area contributed by atoms with E-state index >= 15 is 0 Å². The van der Waals surface area contributed by atoms with Crippen LogP contribution in [0.15, 0.2) is 23.3 Å². The number of anilines is 1. The van der Waals surface area contributed by atoms with Gasteiger partial charge in [-0.15, -0.1) is 0 Å². The lowest BCUT2D eigenvalue weighted by atomic mass is 10.0. The smallest absolute Gasteiger partial charge is 0.416 e. The predicted molar refractivity (Wildman–Crippen MR) is 98.0 cm³/mol. The fourth-order valence-electron chi connectivity index (χ4n) is 2.70. The molecule has 24 heavy (non-hydrogen) atoms. The zero-order valence-corrected chi connectivity index (χ0v) is 15.5. The fraction of sp³-hybridized carbons (Fsp3) is 0.632. The molecule has 0 radical (unpaired) electrons. The van der Waals surface area contributed by atoms with Crippen LogP contribution >= 0.6 is 0 Å². The van der Waals surface area contributed by atoms with Crippen LogP contribution < -0.4 is 4.90 Å². The van der Waals surface area contributed by atoms with Gasteiger partial charge in [0.05, 0.1) is 0 Å². The van der Waals surface area contributed by atoms with Crippen molar-refractivity contribution in [3.63, 3.8) is 0 Å². The van der Waals surface area contributed by atoms with Crippen molar-refractivity contribution in [2.24, 2.45) is 4.99 Å². The van der Waals surface area contributed by atoms with Crippen LogP contribution in [0.4, 0.5) is 10.6 Å². The Balaban J connectivity index is 2.43. The van der Waals surface area contributed by atoms with Crippen LogP contribution in [0.25, 0.3) is 0 Å². The Kier molecular flexibility index (Phi) is 5.97. The molecule has 0 saturated heterocycles. The average molecular weight is 331 g/mol. The Morgan fingerprint density at radius 3 is 2.71 bits per heavy atom. The van der Waals surface area contributed by atoms with Crippen LogP contribution in [0.2, 0.25) is 0 Å². The third-order valence-corrected chi connectivity index (χ3v) is 4.07. The van der Waals surface area contributed by atoms with Crippen LogP contribution in [0.5, 0.6) is 0 Å². The molecule has 0 unspecified atom stereocenters. The molecule has 0 aromatic carbocycles. The van der Waals surface area contributed by atoms with Gasteiger partial charge in [0.25, 0.3) is 0 Å². The Labute approximate surface area is 145 Å². The van der Waals surface area contributed by atoms with Crippen molar-refractivity contribution in [3.05, 3.63) is 23.9 Å². The molecule has 2 heterocycles. The van der Waals surface area contributed by atoms with E-state index in [0.717, 1.165) is 43.5 Å². The number of aliphatic imine (C=N–C) groups is 1. The van der Waals surface area contributed by atoms with Crippen LogP contribution in [0.1, 0.15) is 65.9 Å². The van der Waals surface area contributed by atoms with E-state index in [0.29, 0.717) is 5.82 Å². The summed E-state index contributed by atoms with van der Waals surface area (Å²) in [5.41, 5.74) is 1.45. The van der Waals surface area contributed by atoms with Crippen molar-refractivity contribution >= 4 is 17.6 Å². The topological polar surface area (TPSA) is 54.8 Å². The van der Waals surface area contributed by atoms with Crippen LogP contribution in [-0.2, 0) is 4.74 Å². The molecule has 1 aliphatic heterocycles. The van der Waals surface area contributed by atoms with Gasteiger partial charge in [-0.2, -0.15) is 0 Å². The maximum absolute atomic E-state index is 12.8. The molecule has 5 heteroatoms. The standard InChI is InChI=1S/C19H29N3O2/c1-6-14(2)22(18(23)24-19(3,4)5)17-15(10-9-13-21-17)16-11-7-8-12-20-16/h9-10,13-14H,6-8,11-12H2,1-5H3/t14-/m0/s1. The van der Waals surface area contributed by atoms with Crippen molar-refractivity contribution in [3.8, 4) is 0 Å². The van der Waals surface area contributed by atoms with E-state index in [1.165, 1.54) is 0 Å². The number of amides is 1. The first-order chi connectivity index (χ1) is 11.3. The predicted octanol–water partition coefficient (Wildman–Crippen LogP) is 4.59. The maximum atomic E-state index is 12.8. The minimum absolute atomic E-state index is 0.00214. The molecule has 0 N–H and O–H groups in total. The lowest BCUT2D eigenvalue weighted by Crippen LogP contribution is -2.43. The first-order valence-electron chi connectivity index (χ1n) is 8.84. The van der Waals surface area contributed by atoms with Crippen LogP contribution in [0.3, 0.4) is 0 Å². The van der Waals surface area contributed by atoms with Crippen molar-refractivity contribution < 1.29 is 9.53 Å². The number of carbonyl (C=O) groups excluding carboxylic acids is 1. The number of rotatable bonds is 4. The Bertz CT molecular complexity index is 605. The summed E-state index contributed by atoms with van der Waals surface area (Å²) in [5, 5.41) is 0. The van der Waals surface area contributed by atoms with Gasteiger partial charge in [0.15, 0.2) is 0 Å². The van der Waals surface area contributed by atoms with E-state index < -0.39 is 5.60 Å². The van der Waals surface area contributed by atoms with Gasteiger partial charge in [-0.3, -0.25) is 9.89 Å². The summed E-state index contributed by atoms with van der Waals surface area (Å²) in [6.07, 6.45) is 5.38. The molecule has 1 aliphatic rings. The van der Waals surface area contributed by atoms with E-state index in [4.69, 9.17) is 4.74 Å². The Hall–Kier alpha value is -1.91. The first kappa shape index (κ1) is 18.4. The highest BCUT2D eigenvalue weighted by Crippen LogP contribution is 2.26. The minimum atomic E-state index is -0.542. The molecule has 5 nitrogen and oxygen atoms in total. The molecule has 0 saturated carbocycles. The van der Waals surface area contributed by atoms with E-state index in [1.807, 2.05) is 39.8 Å². The summed E-state index contributed by atoms with van der Waals surface area (Å²) < 4.78 is 5.63. The van der Waals surface area contributed by atoms with E-state index in [2.05, 4.69) is 16.9 Å². The normalized spacial score (nSPS) is 16.3. The maximum Gasteiger partial charge on any atom is 0.416 e. The van der Waals surface area contributed by atoms with Crippen LogP contribution in [0, 0.1) is 0 Å². The summed E-state index contributed by atoms with van der Waals surface area (Å²) in [7, 11) is 0. The van der Waals surface area contributed by atoms with Crippen molar-refractivity contribution in [1.29, 1.82) is 0 Å². The van der Waals surface area contributed by atoms with E-state index in [9.17, 15) is 4.79 Å². The third kappa shape index (κ3) is 4.56. The zero-order valence-electron chi connectivity index (χ0n) is 15.5. The number of pyridine rings is 1. The monoisotopic (exact) mass is 331 g/mol. The summed E-state index contributed by atoms with van der Waals surface area (Å²) in [6, 6.07) is 3.91. The molecular weight excluding hydrogens is 302 g/mol. The first-order valence-corrected chi connectivity index (χ1v) is 8.84. The highest BCUT2D eigenvalue weighted by atomic mass is 16.6. The highest BCUT2D eigenvalue weighted by molar-refractivity contribution is 6.07. The number of hydrogen-bond donors (Lipinski definition) is 0. The third-order valence-electron chi connectivity index (χ3n) is 4.07. The molecule has 1 atom stereocenters. The molecule has 132 valence electrons. The summed E-state index contributed by atoms with van der Waals surface area (Å²) >= 11 is 0. The lowest BCUT2D eigenvalue weighted by Gasteiger charge is -2.32. The second-order valence-electron chi connectivity index (χ2n) is 7.27. The summed E-state index contributed by atoms with van der Waals surface area (Å²) in [6.45, 7) is 10.6. The molecule has 0 spiro atoms. The highest BCUT2D eigenvalue weighted by Gasteiger charge is 2.30. The van der Waals surface area contributed by atoms with Crippen molar-refractivity contribution in [2.45, 2.75) is 71.9 Å². The van der Waals surface area contributed by atoms with Gasteiger partial charge in [-0.05, 0) is 65.5 Å². The second-order valence-corrected chi connectivity index (χ2v) is 7.27. The molecule has 0 fully saturated rings. The number of aromatic nitrogens is 1. The Morgan fingerprint density at radius 1 is 1.38 bits per heavy atom. The van der Waals surface area contributed by atoms with Crippen LogP contribution in [-0.4, -0.2) is 35.0 Å². The van der Waals surface area contributed by atoms with Gasteiger partial charge in [-0.25, -0.2) is 9.78 Å². The molecule has 1 aromatic rings. The minimum Gasteiger partial charge on any atom is -0.443 e. The molecule has 1 aromatic heterocycles. The quantitative estimate of drug-likeness (QED) is 0.810. The Morgan fingerprint density at radius 2 is 2.12 bits per heavy atom. The number of ether oxygens (including phenoxy) is 1. The molecule has 0 bridgehead atoms. The van der Waals surface area contributed by atoms with Gasteiger partial charge in [0.2, 0.25) is 0 Å². The average Bonchev–Trinajstić information content (AvgIpc) is 2.54. The second kappa shape index (κ2) is 7.77. The lowest BCUT2D eigenvalue weighted by molar-refractivity contribution is 0.0566. The fourth-order valence-corrected chi connectivity index (χ4v) is 2.70. The van der Waals surface area contributed by atoms with Gasteiger partial charge >= 0.3 is 6.09 Å². The van der Waals surface area contributed by atoms with Gasteiger partial charge in [0.1, 0.15) is 11.4 Å². The number of carbonyl (C=O) groups is 1. The molecular formula is C19H29N3O2. The summed E-state index contributed by atoms with van der Waals surface area (Å²) in [5.74, 6) is 0.654. The van der Waals surface area contributed by atoms with Gasteiger partial charge in [-0.1, -0.05) is 6.92 Å². The SMILES string of the molecule is CC[C@H](C)N(C(=O)OC(C)(C)C)c1ncccc1C1=NCCCC1. The molecule has 0 aliphatic carbocycles.